The molecule has 5 rings (SSSR count). The Morgan fingerprint density at radius 2 is 1.90 bits per heavy atom. The Morgan fingerprint density at radius 1 is 1.10 bits per heavy atom. The van der Waals surface area contributed by atoms with Gasteiger partial charge in [-0.3, -0.25) is 4.79 Å². The van der Waals surface area contributed by atoms with E-state index in [1.54, 1.807) is 6.26 Å². The molecule has 2 aromatic heterocycles. The first-order chi connectivity index (χ1) is 14.3. The molecule has 1 aliphatic carbocycles. The number of hydrogen-bond acceptors (Lipinski definition) is 4. The number of pyridine rings is 1. The van der Waals surface area contributed by atoms with E-state index in [-0.39, 0.29) is 36.8 Å². The van der Waals surface area contributed by atoms with Gasteiger partial charge in [-0.2, -0.15) is 0 Å². The van der Waals surface area contributed by atoms with Crippen LogP contribution in [-0.4, -0.2) is 30.0 Å². The van der Waals surface area contributed by atoms with Gasteiger partial charge in [0.25, 0.3) is 5.91 Å². The number of para-hydroxylation sites is 1. The summed E-state index contributed by atoms with van der Waals surface area (Å²) in [4.78, 5) is 18.4. The molecule has 7 heteroatoms. The van der Waals surface area contributed by atoms with Crippen molar-refractivity contribution in [3.05, 3.63) is 65.2 Å². The third-order valence-electron chi connectivity index (χ3n) is 5.93. The molecule has 1 saturated heterocycles. The van der Waals surface area contributed by atoms with E-state index < -0.39 is 0 Å². The fourth-order valence-corrected chi connectivity index (χ4v) is 4.50. The molecule has 0 bridgehead atoms. The summed E-state index contributed by atoms with van der Waals surface area (Å²) in [5, 5.41) is 7.59. The van der Waals surface area contributed by atoms with Crippen molar-refractivity contribution in [2.45, 2.75) is 38.1 Å². The van der Waals surface area contributed by atoms with Gasteiger partial charge in [-0.1, -0.05) is 18.2 Å². The Labute approximate surface area is 194 Å². The molecule has 31 heavy (non-hydrogen) atoms. The summed E-state index contributed by atoms with van der Waals surface area (Å²) >= 11 is 0. The predicted octanol–water partition coefficient (Wildman–Crippen LogP) is 5.03. The van der Waals surface area contributed by atoms with Crippen LogP contribution >= 0.6 is 24.8 Å². The van der Waals surface area contributed by atoms with Gasteiger partial charge in [-0.25, -0.2) is 4.98 Å². The number of allylic oxidation sites excluding steroid dienone is 1. The average molecular weight is 460 g/mol. The fourth-order valence-electron chi connectivity index (χ4n) is 4.50. The zero-order valence-electron chi connectivity index (χ0n) is 17.2. The zero-order valence-corrected chi connectivity index (χ0v) is 18.9. The van der Waals surface area contributed by atoms with Crippen LogP contribution in [0.4, 0.5) is 0 Å². The number of aromatic nitrogens is 1. The molecular weight excluding hydrogens is 433 g/mol. The number of nitrogens with zero attached hydrogens (tertiary/aromatic N) is 1. The molecule has 0 saturated carbocycles. The van der Waals surface area contributed by atoms with Crippen LogP contribution in [0.1, 0.15) is 53.1 Å². The molecule has 0 spiro atoms. The number of carbonyl (C=O) groups is 1. The first kappa shape index (κ1) is 23.3. The maximum absolute atomic E-state index is 13.4. The maximum Gasteiger partial charge on any atom is 0.252 e. The molecule has 3 heterocycles. The van der Waals surface area contributed by atoms with Gasteiger partial charge >= 0.3 is 0 Å². The number of fused-ring (bicyclic) bond motifs is 2. The van der Waals surface area contributed by atoms with Gasteiger partial charge < -0.3 is 15.1 Å². The number of benzene rings is 1. The molecule has 1 aliphatic heterocycles. The van der Waals surface area contributed by atoms with Crippen LogP contribution in [0.5, 0.6) is 0 Å². The number of carbonyl (C=O) groups excluding carboxylic acids is 1. The zero-order chi connectivity index (χ0) is 19.6. The second kappa shape index (κ2) is 10.3. The summed E-state index contributed by atoms with van der Waals surface area (Å²) in [7, 11) is 0. The molecule has 5 nitrogen and oxygen atoms in total. The van der Waals surface area contributed by atoms with Crippen LogP contribution in [0, 0.1) is 0 Å². The third-order valence-corrected chi connectivity index (χ3v) is 5.93. The van der Waals surface area contributed by atoms with Crippen molar-refractivity contribution in [3.63, 3.8) is 0 Å². The number of nitrogens with one attached hydrogen (secondary N) is 2. The van der Waals surface area contributed by atoms with Gasteiger partial charge in [0.2, 0.25) is 0 Å². The Bertz CT molecular complexity index is 1070. The van der Waals surface area contributed by atoms with Crippen LogP contribution in [0.15, 0.2) is 47.1 Å². The van der Waals surface area contributed by atoms with E-state index in [1.807, 2.05) is 36.4 Å². The molecule has 0 radical (unpaired) electrons. The lowest BCUT2D eigenvalue weighted by molar-refractivity contribution is 0.0930. The maximum atomic E-state index is 13.4. The summed E-state index contributed by atoms with van der Waals surface area (Å²) in [6, 6.07) is 12.1. The van der Waals surface area contributed by atoms with E-state index in [0.29, 0.717) is 0 Å². The van der Waals surface area contributed by atoms with Crippen LogP contribution in [0.25, 0.3) is 22.6 Å². The SMILES string of the molecule is Cl.Cl.O=C(NC1CCNCC1)c1c2c(nc3ccccc13)/C(=C\c1ccco1)CCC2. The quantitative estimate of drug-likeness (QED) is 0.576. The summed E-state index contributed by atoms with van der Waals surface area (Å²) in [6.45, 7) is 1.91. The van der Waals surface area contributed by atoms with Crippen LogP contribution in [-0.2, 0) is 6.42 Å². The van der Waals surface area contributed by atoms with E-state index in [2.05, 4.69) is 16.7 Å². The summed E-state index contributed by atoms with van der Waals surface area (Å²) in [5.41, 5.74) is 4.83. The van der Waals surface area contributed by atoms with Gasteiger partial charge in [0.1, 0.15) is 5.76 Å². The third kappa shape index (κ3) is 4.79. The lowest BCUT2D eigenvalue weighted by Crippen LogP contribution is -2.43. The Morgan fingerprint density at radius 3 is 2.68 bits per heavy atom. The Hall–Kier alpha value is -2.34. The Balaban J connectivity index is 0.00000136. The first-order valence-electron chi connectivity index (χ1n) is 10.5. The minimum Gasteiger partial charge on any atom is -0.465 e. The molecule has 1 aromatic carbocycles. The molecule has 164 valence electrons. The number of piperidine rings is 1. The average Bonchev–Trinajstić information content (AvgIpc) is 3.26. The van der Waals surface area contributed by atoms with Crippen LogP contribution in [0.3, 0.4) is 0 Å². The van der Waals surface area contributed by atoms with E-state index >= 15 is 0 Å². The van der Waals surface area contributed by atoms with Gasteiger partial charge in [0, 0.05) is 11.4 Å². The van der Waals surface area contributed by atoms with Crippen LogP contribution < -0.4 is 10.6 Å². The smallest absolute Gasteiger partial charge is 0.252 e. The van der Waals surface area contributed by atoms with E-state index in [9.17, 15) is 4.79 Å². The molecular formula is C24H27Cl2N3O2. The normalized spacial score (nSPS) is 17.5. The monoisotopic (exact) mass is 459 g/mol. The van der Waals surface area contributed by atoms with Crippen molar-refractivity contribution < 1.29 is 9.21 Å². The fraction of sp³-hybridized carbons (Fsp3) is 0.333. The van der Waals surface area contributed by atoms with Crippen molar-refractivity contribution in [3.8, 4) is 0 Å². The minimum atomic E-state index is 0. The van der Waals surface area contributed by atoms with Crippen molar-refractivity contribution in [2.75, 3.05) is 13.1 Å². The first-order valence-corrected chi connectivity index (χ1v) is 10.5. The topological polar surface area (TPSA) is 67.2 Å². The molecule has 0 atom stereocenters. The van der Waals surface area contributed by atoms with Gasteiger partial charge in [0.15, 0.2) is 0 Å². The highest BCUT2D eigenvalue weighted by Gasteiger charge is 2.26. The second-order valence-electron chi connectivity index (χ2n) is 7.87. The van der Waals surface area contributed by atoms with Gasteiger partial charge in [0.05, 0.1) is 23.0 Å². The Kier molecular flexibility index (Phi) is 7.76. The molecule has 3 aromatic rings. The minimum absolute atomic E-state index is 0. The number of amides is 1. The van der Waals surface area contributed by atoms with E-state index in [0.717, 1.165) is 84.3 Å². The predicted molar refractivity (Wildman–Crippen MR) is 129 cm³/mol. The summed E-state index contributed by atoms with van der Waals surface area (Å²) in [6.07, 6.45) is 8.51. The lowest BCUT2D eigenvalue weighted by atomic mass is 9.86. The standard InChI is InChI=1S/C24H25N3O2.2ClH/c28-24(26-17-10-12-25-13-11-17)22-19-7-1-2-9-21(19)27-23-16(5-3-8-20(22)23)15-18-6-4-14-29-18;;/h1-2,4,6-7,9,14-15,17,25H,3,5,8,10-13H2,(H,26,28);2*1H/b16-15-;;. The molecule has 0 unspecified atom stereocenters. The van der Waals surface area contributed by atoms with Crippen molar-refractivity contribution >= 4 is 53.3 Å². The number of hydrogen-bond donors (Lipinski definition) is 2. The van der Waals surface area contributed by atoms with Crippen molar-refractivity contribution in [2.24, 2.45) is 0 Å². The molecule has 1 fully saturated rings. The van der Waals surface area contributed by atoms with E-state index in [1.165, 1.54) is 0 Å². The molecule has 2 N–H and O–H groups in total. The lowest BCUT2D eigenvalue weighted by Gasteiger charge is -2.26. The summed E-state index contributed by atoms with van der Waals surface area (Å²) in [5.74, 6) is 0.856. The summed E-state index contributed by atoms with van der Waals surface area (Å²) < 4.78 is 5.53. The largest absolute Gasteiger partial charge is 0.465 e. The number of furan rings is 1. The van der Waals surface area contributed by atoms with Crippen molar-refractivity contribution in [1.29, 1.82) is 0 Å². The van der Waals surface area contributed by atoms with E-state index in [4.69, 9.17) is 9.40 Å². The van der Waals surface area contributed by atoms with Crippen LogP contribution in [0.2, 0.25) is 0 Å². The highest BCUT2D eigenvalue weighted by molar-refractivity contribution is 6.09. The number of rotatable bonds is 3. The highest BCUT2D eigenvalue weighted by atomic mass is 35.5. The highest BCUT2D eigenvalue weighted by Crippen LogP contribution is 2.36. The van der Waals surface area contributed by atoms with Crippen molar-refractivity contribution in [1.82, 2.24) is 15.6 Å². The van der Waals surface area contributed by atoms with Gasteiger partial charge in [-0.05, 0) is 80.6 Å². The molecule has 2 aliphatic rings. The molecule has 1 amide bonds. The number of halogens is 2. The second-order valence-corrected chi connectivity index (χ2v) is 7.87. The van der Waals surface area contributed by atoms with Gasteiger partial charge in [-0.15, -0.1) is 24.8 Å².